The molecule has 2 aromatic rings. The van der Waals surface area contributed by atoms with Crippen LogP contribution in [0.2, 0.25) is 0 Å². The van der Waals surface area contributed by atoms with Gasteiger partial charge in [0.05, 0.1) is 5.56 Å². The van der Waals surface area contributed by atoms with E-state index in [0.29, 0.717) is 16.9 Å². The summed E-state index contributed by atoms with van der Waals surface area (Å²) in [5, 5.41) is 5.24. The normalized spacial score (nSPS) is 9.96. The molecule has 7 heteroatoms. The molecule has 136 valence electrons. The third kappa shape index (κ3) is 5.62. The Bertz CT molecular complexity index is 801. The summed E-state index contributed by atoms with van der Waals surface area (Å²) in [6.45, 7) is 0.994. The largest absolute Gasteiger partial charge is 0.452 e. The highest BCUT2D eigenvalue weighted by Gasteiger charge is 2.11. The van der Waals surface area contributed by atoms with Crippen molar-refractivity contribution in [2.24, 2.45) is 0 Å². The van der Waals surface area contributed by atoms with Gasteiger partial charge in [-0.15, -0.1) is 0 Å². The first-order chi connectivity index (χ1) is 12.3. The van der Waals surface area contributed by atoms with Crippen molar-refractivity contribution in [3.05, 3.63) is 54.1 Å². The lowest BCUT2D eigenvalue weighted by atomic mass is 10.2. The van der Waals surface area contributed by atoms with Gasteiger partial charge >= 0.3 is 5.97 Å². The van der Waals surface area contributed by atoms with E-state index in [-0.39, 0.29) is 5.91 Å². The molecule has 2 N–H and O–H groups in total. The summed E-state index contributed by atoms with van der Waals surface area (Å²) >= 11 is 0. The van der Waals surface area contributed by atoms with Crippen molar-refractivity contribution in [3.63, 3.8) is 0 Å². The fourth-order valence-electron chi connectivity index (χ4n) is 2.19. The quantitative estimate of drug-likeness (QED) is 0.778. The summed E-state index contributed by atoms with van der Waals surface area (Å²) in [4.78, 5) is 36.9. The fourth-order valence-corrected chi connectivity index (χ4v) is 2.19. The van der Waals surface area contributed by atoms with Gasteiger partial charge in [-0.05, 0) is 42.5 Å². The maximum Gasteiger partial charge on any atom is 0.338 e. The molecular formula is C19H21N3O4. The van der Waals surface area contributed by atoms with Crippen LogP contribution in [-0.2, 0) is 14.3 Å². The smallest absolute Gasteiger partial charge is 0.338 e. The third-order valence-electron chi connectivity index (χ3n) is 3.42. The maximum atomic E-state index is 12.0. The molecule has 0 radical (unpaired) electrons. The molecular weight excluding hydrogens is 334 g/mol. The molecule has 0 aromatic heterocycles. The van der Waals surface area contributed by atoms with E-state index in [1.165, 1.54) is 6.92 Å². The molecule has 2 amide bonds. The zero-order valence-corrected chi connectivity index (χ0v) is 14.9. The summed E-state index contributed by atoms with van der Waals surface area (Å²) in [6, 6.07) is 13.6. The Morgan fingerprint density at radius 3 is 2.15 bits per heavy atom. The SMILES string of the molecule is CC(=O)Nc1cccc(NC(=O)COC(=O)c2ccc(N(C)C)cc2)c1. The molecule has 0 aliphatic rings. The van der Waals surface area contributed by atoms with Crippen molar-refractivity contribution in [1.82, 2.24) is 0 Å². The predicted octanol–water partition coefficient (Wildman–Crippen LogP) is 2.51. The lowest BCUT2D eigenvalue weighted by Crippen LogP contribution is -2.21. The molecule has 0 bridgehead atoms. The van der Waals surface area contributed by atoms with E-state index in [9.17, 15) is 14.4 Å². The molecule has 2 rings (SSSR count). The van der Waals surface area contributed by atoms with E-state index in [0.717, 1.165) is 5.69 Å². The number of ether oxygens (including phenoxy) is 1. The molecule has 0 unspecified atom stereocenters. The zero-order chi connectivity index (χ0) is 19.1. The van der Waals surface area contributed by atoms with Crippen molar-refractivity contribution >= 4 is 34.8 Å². The van der Waals surface area contributed by atoms with Gasteiger partial charge in [0.25, 0.3) is 5.91 Å². The average Bonchev–Trinajstić information content (AvgIpc) is 2.59. The minimum Gasteiger partial charge on any atom is -0.452 e. The van der Waals surface area contributed by atoms with Crippen LogP contribution in [0, 0.1) is 0 Å². The Balaban J connectivity index is 1.88. The number of hydrogen-bond donors (Lipinski definition) is 2. The van der Waals surface area contributed by atoms with Crippen LogP contribution in [0.4, 0.5) is 17.1 Å². The minimum absolute atomic E-state index is 0.206. The lowest BCUT2D eigenvalue weighted by Gasteiger charge is -2.12. The molecule has 0 fully saturated rings. The summed E-state index contributed by atoms with van der Waals surface area (Å²) in [5.74, 6) is -1.25. The van der Waals surface area contributed by atoms with Gasteiger partial charge in [-0.2, -0.15) is 0 Å². The second-order valence-corrected chi connectivity index (χ2v) is 5.83. The Hall–Kier alpha value is -3.35. The van der Waals surface area contributed by atoms with Crippen molar-refractivity contribution in [2.45, 2.75) is 6.92 Å². The average molecular weight is 355 g/mol. The highest BCUT2D eigenvalue weighted by atomic mass is 16.5. The van der Waals surface area contributed by atoms with Gasteiger partial charge in [-0.25, -0.2) is 4.79 Å². The number of hydrogen-bond acceptors (Lipinski definition) is 5. The molecule has 0 aliphatic heterocycles. The van der Waals surface area contributed by atoms with Crippen molar-refractivity contribution in [1.29, 1.82) is 0 Å². The molecule has 7 nitrogen and oxygen atoms in total. The van der Waals surface area contributed by atoms with E-state index in [2.05, 4.69) is 10.6 Å². The molecule has 0 heterocycles. The van der Waals surface area contributed by atoms with Crippen molar-refractivity contribution < 1.29 is 19.1 Å². The number of carbonyl (C=O) groups excluding carboxylic acids is 3. The molecule has 0 atom stereocenters. The number of benzene rings is 2. The first-order valence-corrected chi connectivity index (χ1v) is 7.97. The van der Waals surface area contributed by atoms with Crippen molar-refractivity contribution in [2.75, 3.05) is 36.2 Å². The lowest BCUT2D eigenvalue weighted by molar-refractivity contribution is -0.119. The Labute approximate surface area is 152 Å². The maximum absolute atomic E-state index is 12.0. The van der Waals surface area contributed by atoms with Crippen LogP contribution < -0.4 is 15.5 Å². The van der Waals surface area contributed by atoms with Crippen LogP contribution in [0.1, 0.15) is 17.3 Å². The Kier molecular flexibility index (Phi) is 6.32. The molecule has 0 aliphatic carbocycles. The molecule has 0 saturated carbocycles. The minimum atomic E-state index is -0.572. The van der Waals surface area contributed by atoms with Crippen LogP contribution in [0.15, 0.2) is 48.5 Å². The number of anilines is 3. The van der Waals surface area contributed by atoms with Crippen LogP contribution in [0.5, 0.6) is 0 Å². The topological polar surface area (TPSA) is 87.7 Å². The van der Waals surface area contributed by atoms with Gasteiger partial charge in [0.15, 0.2) is 6.61 Å². The van der Waals surface area contributed by atoms with E-state index < -0.39 is 18.5 Å². The van der Waals surface area contributed by atoms with Gasteiger partial charge < -0.3 is 20.3 Å². The van der Waals surface area contributed by atoms with E-state index in [4.69, 9.17) is 4.74 Å². The predicted molar refractivity (Wildman–Crippen MR) is 100 cm³/mol. The van der Waals surface area contributed by atoms with Gasteiger partial charge in [-0.1, -0.05) is 6.07 Å². The van der Waals surface area contributed by atoms with Gasteiger partial charge in [0, 0.05) is 38.1 Å². The van der Waals surface area contributed by atoms with Crippen molar-refractivity contribution in [3.8, 4) is 0 Å². The Morgan fingerprint density at radius 2 is 1.58 bits per heavy atom. The Morgan fingerprint density at radius 1 is 0.962 bits per heavy atom. The van der Waals surface area contributed by atoms with Crippen LogP contribution >= 0.6 is 0 Å². The number of carbonyl (C=O) groups is 3. The molecule has 26 heavy (non-hydrogen) atoms. The molecule has 0 saturated heterocycles. The number of esters is 1. The number of nitrogens with zero attached hydrogens (tertiary/aromatic N) is 1. The highest BCUT2D eigenvalue weighted by Crippen LogP contribution is 2.15. The zero-order valence-electron chi connectivity index (χ0n) is 14.9. The fraction of sp³-hybridized carbons (Fsp3) is 0.211. The number of rotatable bonds is 6. The van der Waals surface area contributed by atoms with Crippen LogP contribution in [0.25, 0.3) is 0 Å². The third-order valence-corrected chi connectivity index (χ3v) is 3.42. The summed E-state index contributed by atoms with van der Waals surface area (Å²) < 4.78 is 5.02. The van der Waals surface area contributed by atoms with Gasteiger partial charge in [-0.3, -0.25) is 9.59 Å². The second kappa shape index (κ2) is 8.66. The molecule has 0 spiro atoms. The van der Waals surface area contributed by atoms with E-state index in [1.54, 1.807) is 48.5 Å². The summed E-state index contributed by atoms with van der Waals surface area (Å²) in [7, 11) is 3.80. The van der Waals surface area contributed by atoms with Gasteiger partial charge in [0.2, 0.25) is 5.91 Å². The molecule has 2 aromatic carbocycles. The first kappa shape index (κ1) is 19.0. The number of nitrogens with one attached hydrogen (secondary N) is 2. The number of amides is 2. The standard InChI is InChI=1S/C19H21N3O4/c1-13(23)20-15-5-4-6-16(11-15)21-18(24)12-26-19(25)14-7-9-17(10-8-14)22(2)3/h4-11H,12H2,1-3H3,(H,20,23)(H,21,24). The van der Waals surface area contributed by atoms with Crippen LogP contribution in [0.3, 0.4) is 0 Å². The van der Waals surface area contributed by atoms with E-state index in [1.807, 2.05) is 19.0 Å². The summed E-state index contributed by atoms with van der Waals surface area (Å²) in [5.41, 5.74) is 2.38. The van der Waals surface area contributed by atoms with Gasteiger partial charge in [0.1, 0.15) is 0 Å². The highest BCUT2D eigenvalue weighted by molar-refractivity contribution is 5.96. The first-order valence-electron chi connectivity index (χ1n) is 7.97. The monoisotopic (exact) mass is 355 g/mol. The summed E-state index contributed by atoms with van der Waals surface area (Å²) in [6.07, 6.45) is 0. The van der Waals surface area contributed by atoms with E-state index >= 15 is 0 Å². The van der Waals surface area contributed by atoms with Crippen LogP contribution in [-0.4, -0.2) is 38.5 Å². The second-order valence-electron chi connectivity index (χ2n) is 5.83.